The Balaban J connectivity index is 1.17. The molecule has 0 bridgehead atoms. The second kappa shape index (κ2) is 10.6. The largest absolute Gasteiger partial charge is 0.492 e. The number of piperidine rings is 1. The quantitative estimate of drug-likeness (QED) is 0.512. The lowest BCUT2D eigenvalue weighted by atomic mass is 9.96. The molecule has 166 valence electrons. The molecule has 0 saturated carbocycles. The number of nitrogens with zero attached hydrogens (tertiary/aromatic N) is 3. The second-order valence-corrected chi connectivity index (χ2v) is 7.68. The van der Waals surface area contributed by atoms with Crippen molar-refractivity contribution in [1.29, 1.82) is 5.26 Å². The molecule has 2 aromatic carbocycles. The highest BCUT2D eigenvalue weighted by molar-refractivity contribution is 5.78. The summed E-state index contributed by atoms with van der Waals surface area (Å²) in [5.41, 5.74) is 1.44. The number of carbonyl (C=O) groups excluding carboxylic acids is 1. The van der Waals surface area contributed by atoms with Crippen molar-refractivity contribution in [1.82, 2.24) is 15.2 Å². The van der Waals surface area contributed by atoms with Crippen LogP contribution in [0.1, 0.15) is 19.3 Å². The van der Waals surface area contributed by atoms with E-state index < -0.39 is 0 Å². The van der Waals surface area contributed by atoms with E-state index in [0.29, 0.717) is 30.9 Å². The van der Waals surface area contributed by atoms with E-state index in [1.165, 1.54) is 0 Å². The van der Waals surface area contributed by atoms with Crippen molar-refractivity contribution in [3.63, 3.8) is 0 Å². The number of carbonyl (C=O) groups is 1. The van der Waals surface area contributed by atoms with Gasteiger partial charge >= 0.3 is 6.08 Å². The molecule has 4 rings (SSSR count). The number of fused-ring (bicyclic) bond motifs is 1. The molecule has 3 aromatic rings. The highest BCUT2D eigenvalue weighted by Crippen LogP contribution is 2.26. The molecule has 2 heterocycles. The number of rotatable bonds is 9. The normalized spacial score (nSPS) is 14.7. The Morgan fingerprint density at radius 2 is 1.91 bits per heavy atom. The van der Waals surface area contributed by atoms with E-state index in [2.05, 4.69) is 15.2 Å². The van der Waals surface area contributed by atoms with Gasteiger partial charge in [0.25, 0.3) is 0 Å². The van der Waals surface area contributed by atoms with Crippen LogP contribution in [0.3, 0.4) is 0 Å². The molecule has 1 saturated heterocycles. The van der Waals surface area contributed by atoms with Crippen molar-refractivity contribution < 1.29 is 18.7 Å². The zero-order valence-corrected chi connectivity index (χ0v) is 17.8. The van der Waals surface area contributed by atoms with Crippen LogP contribution >= 0.6 is 0 Å². The van der Waals surface area contributed by atoms with Gasteiger partial charge < -0.3 is 19.2 Å². The van der Waals surface area contributed by atoms with Gasteiger partial charge in [0.1, 0.15) is 23.6 Å². The molecule has 0 atom stereocenters. The van der Waals surface area contributed by atoms with E-state index >= 15 is 0 Å². The molecule has 1 aliphatic rings. The SMILES string of the molecule is N#CCCNC(=O)C1CCN(CCOc2ccc(Oc3nc4ccccc4o3)cc2)CC1. The van der Waals surface area contributed by atoms with Gasteiger partial charge in [0, 0.05) is 19.0 Å². The summed E-state index contributed by atoms with van der Waals surface area (Å²) in [6.45, 7) is 3.56. The Labute approximate surface area is 186 Å². The summed E-state index contributed by atoms with van der Waals surface area (Å²) in [5.74, 6) is 1.50. The van der Waals surface area contributed by atoms with Crippen LogP contribution in [0.15, 0.2) is 52.9 Å². The molecule has 1 amide bonds. The third kappa shape index (κ3) is 5.77. The Morgan fingerprint density at radius 1 is 1.16 bits per heavy atom. The topological polar surface area (TPSA) is 101 Å². The number of aromatic nitrogens is 1. The van der Waals surface area contributed by atoms with Crippen LogP contribution in [0.5, 0.6) is 17.6 Å². The number of ether oxygens (including phenoxy) is 2. The molecule has 1 N–H and O–H groups in total. The third-order valence-corrected chi connectivity index (χ3v) is 5.47. The summed E-state index contributed by atoms with van der Waals surface area (Å²) in [4.78, 5) is 18.7. The first-order chi connectivity index (χ1) is 15.7. The van der Waals surface area contributed by atoms with Gasteiger partial charge in [-0.25, -0.2) is 0 Å². The first-order valence-corrected chi connectivity index (χ1v) is 10.8. The minimum atomic E-state index is 0.0413. The van der Waals surface area contributed by atoms with Crippen LogP contribution in [-0.2, 0) is 4.79 Å². The van der Waals surface area contributed by atoms with Crippen molar-refractivity contribution in [2.45, 2.75) is 19.3 Å². The van der Waals surface area contributed by atoms with Gasteiger partial charge in [-0.2, -0.15) is 10.2 Å². The van der Waals surface area contributed by atoms with E-state index in [1.807, 2.05) is 54.6 Å². The van der Waals surface area contributed by atoms with Gasteiger partial charge in [0.2, 0.25) is 5.91 Å². The summed E-state index contributed by atoms with van der Waals surface area (Å²) in [6, 6.07) is 16.9. The van der Waals surface area contributed by atoms with Gasteiger partial charge in [0.05, 0.1) is 12.5 Å². The Kier molecular flexibility index (Phi) is 7.20. The minimum Gasteiger partial charge on any atom is -0.492 e. The van der Waals surface area contributed by atoms with Crippen molar-refractivity contribution in [3.05, 3.63) is 48.5 Å². The molecule has 0 radical (unpaired) electrons. The first-order valence-electron chi connectivity index (χ1n) is 10.8. The molecule has 0 unspecified atom stereocenters. The third-order valence-electron chi connectivity index (χ3n) is 5.47. The molecular weight excluding hydrogens is 408 g/mol. The lowest BCUT2D eigenvalue weighted by Gasteiger charge is -2.31. The van der Waals surface area contributed by atoms with Crippen LogP contribution in [0.25, 0.3) is 11.1 Å². The maximum atomic E-state index is 12.1. The maximum absolute atomic E-state index is 12.1. The number of nitriles is 1. The van der Waals surface area contributed by atoms with Crippen LogP contribution in [0.4, 0.5) is 0 Å². The summed E-state index contributed by atoms with van der Waals surface area (Å²) < 4.78 is 17.1. The van der Waals surface area contributed by atoms with Crippen LogP contribution < -0.4 is 14.8 Å². The zero-order valence-electron chi connectivity index (χ0n) is 17.8. The number of oxazole rings is 1. The number of amides is 1. The highest BCUT2D eigenvalue weighted by Gasteiger charge is 2.24. The number of likely N-dealkylation sites (tertiary alicyclic amines) is 1. The van der Waals surface area contributed by atoms with Gasteiger partial charge in [-0.3, -0.25) is 9.69 Å². The van der Waals surface area contributed by atoms with Crippen molar-refractivity contribution in [3.8, 4) is 23.6 Å². The molecular formula is C24H26N4O4. The molecule has 32 heavy (non-hydrogen) atoms. The van der Waals surface area contributed by atoms with Gasteiger partial charge in [0.15, 0.2) is 5.58 Å². The van der Waals surface area contributed by atoms with Crippen molar-refractivity contribution in [2.24, 2.45) is 5.92 Å². The molecule has 0 spiro atoms. The fourth-order valence-electron chi connectivity index (χ4n) is 3.70. The van der Waals surface area contributed by atoms with Gasteiger partial charge in [-0.05, 0) is 62.3 Å². The van der Waals surface area contributed by atoms with Crippen LogP contribution in [0.2, 0.25) is 0 Å². The molecule has 1 aliphatic heterocycles. The lowest BCUT2D eigenvalue weighted by Crippen LogP contribution is -2.42. The number of hydrogen-bond acceptors (Lipinski definition) is 7. The fourth-order valence-corrected chi connectivity index (χ4v) is 3.70. The predicted octanol–water partition coefficient (Wildman–Crippen LogP) is 3.74. The van der Waals surface area contributed by atoms with Crippen LogP contribution in [0, 0.1) is 17.2 Å². The second-order valence-electron chi connectivity index (χ2n) is 7.68. The standard InChI is InChI=1S/C24H26N4O4/c25-12-3-13-26-23(29)18-10-14-28(15-11-18)16-17-30-19-6-8-20(9-7-19)31-24-27-21-4-1-2-5-22(21)32-24/h1-2,4-9,18H,3,10-11,13-17H2,(H,26,29). The van der Waals surface area contributed by atoms with Crippen molar-refractivity contribution >= 4 is 17.0 Å². The average molecular weight is 434 g/mol. The average Bonchev–Trinajstić information content (AvgIpc) is 3.23. The lowest BCUT2D eigenvalue weighted by molar-refractivity contribution is -0.126. The zero-order chi connectivity index (χ0) is 22.2. The van der Waals surface area contributed by atoms with Gasteiger partial charge in [-0.15, -0.1) is 0 Å². The smallest absolute Gasteiger partial charge is 0.400 e. The molecule has 1 fully saturated rings. The molecule has 8 nitrogen and oxygen atoms in total. The highest BCUT2D eigenvalue weighted by atomic mass is 16.6. The summed E-state index contributed by atoms with van der Waals surface area (Å²) in [7, 11) is 0. The number of hydrogen-bond donors (Lipinski definition) is 1. The monoisotopic (exact) mass is 434 g/mol. The predicted molar refractivity (Wildman–Crippen MR) is 118 cm³/mol. The van der Waals surface area contributed by atoms with E-state index in [-0.39, 0.29) is 17.9 Å². The minimum absolute atomic E-state index is 0.0413. The summed E-state index contributed by atoms with van der Waals surface area (Å²) in [6.07, 6.45) is 2.23. The molecule has 1 aromatic heterocycles. The number of benzene rings is 2. The van der Waals surface area contributed by atoms with E-state index in [4.69, 9.17) is 19.2 Å². The fraction of sp³-hybridized carbons (Fsp3) is 0.375. The van der Waals surface area contributed by atoms with Crippen LogP contribution in [-0.4, -0.2) is 48.6 Å². The van der Waals surface area contributed by atoms with E-state index in [9.17, 15) is 4.79 Å². The van der Waals surface area contributed by atoms with E-state index in [1.54, 1.807) is 0 Å². The van der Waals surface area contributed by atoms with Gasteiger partial charge in [-0.1, -0.05) is 12.1 Å². The molecule has 8 heteroatoms. The first kappa shape index (κ1) is 21.7. The Bertz CT molecular complexity index is 1030. The van der Waals surface area contributed by atoms with E-state index in [0.717, 1.165) is 43.7 Å². The van der Waals surface area contributed by atoms with Crippen molar-refractivity contribution in [2.75, 3.05) is 32.8 Å². The maximum Gasteiger partial charge on any atom is 0.400 e. The summed E-state index contributed by atoms with van der Waals surface area (Å²) in [5, 5.41) is 11.4. The number of nitrogens with one attached hydrogen (secondary N) is 1. The summed E-state index contributed by atoms with van der Waals surface area (Å²) >= 11 is 0. The molecule has 0 aliphatic carbocycles. The Hall–Kier alpha value is -3.57. The Morgan fingerprint density at radius 3 is 2.66 bits per heavy atom. The number of para-hydroxylation sites is 2.